The number of hydrogen-bond donors (Lipinski definition) is 2. The van der Waals surface area contributed by atoms with Crippen LogP contribution >= 0.6 is 0 Å². The Balaban J connectivity index is 2.13. The minimum absolute atomic E-state index is 0.0449. The highest BCUT2D eigenvalue weighted by Gasteiger charge is 2.25. The van der Waals surface area contributed by atoms with Crippen molar-refractivity contribution in [3.8, 4) is 0 Å². The molecule has 0 saturated heterocycles. The smallest absolute Gasteiger partial charge is 0.287 e. The van der Waals surface area contributed by atoms with Gasteiger partial charge in [-0.3, -0.25) is 14.9 Å². The third kappa shape index (κ3) is 3.60. The lowest BCUT2D eigenvalue weighted by molar-refractivity contribution is -0.384. The maximum atomic E-state index is 12.4. The lowest BCUT2D eigenvalue weighted by Crippen LogP contribution is -2.47. The van der Waals surface area contributed by atoms with Crippen molar-refractivity contribution in [2.24, 2.45) is 5.73 Å². The van der Waals surface area contributed by atoms with E-state index < -0.39 is 4.92 Å². The molecule has 0 aromatic carbocycles. The van der Waals surface area contributed by atoms with Gasteiger partial charge in [-0.2, -0.15) is 0 Å². The van der Waals surface area contributed by atoms with E-state index in [9.17, 15) is 14.9 Å². The van der Waals surface area contributed by atoms with Crippen molar-refractivity contribution in [1.82, 2.24) is 9.88 Å². The molecule has 1 fully saturated rings. The van der Waals surface area contributed by atoms with Crippen molar-refractivity contribution in [2.75, 3.05) is 0 Å². The Morgan fingerprint density at radius 2 is 2.19 bits per heavy atom. The van der Waals surface area contributed by atoms with Crippen molar-refractivity contribution >= 4 is 11.6 Å². The van der Waals surface area contributed by atoms with Crippen LogP contribution in [0.2, 0.25) is 0 Å². The SMILES string of the molecule is CCn1cc([N+](=O)[O-])cc1C(=O)NC1CCCCCC1N. The molecule has 21 heavy (non-hydrogen) atoms. The minimum atomic E-state index is -0.486. The van der Waals surface area contributed by atoms with Crippen LogP contribution < -0.4 is 11.1 Å². The van der Waals surface area contributed by atoms with Gasteiger partial charge >= 0.3 is 0 Å². The number of aromatic nitrogens is 1. The molecule has 2 unspecified atom stereocenters. The summed E-state index contributed by atoms with van der Waals surface area (Å²) in [4.78, 5) is 22.7. The quantitative estimate of drug-likeness (QED) is 0.502. The van der Waals surface area contributed by atoms with E-state index in [-0.39, 0.29) is 23.7 Å². The Kier molecular flexibility index (Phi) is 4.95. The van der Waals surface area contributed by atoms with Crippen LogP contribution in [0.25, 0.3) is 0 Å². The highest BCUT2D eigenvalue weighted by Crippen LogP contribution is 2.19. The molecule has 0 radical (unpaired) electrons. The summed E-state index contributed by atoms with van der Waals surface area (Å²) in [5.74, 6) is -0.285. The molecular weight excluding hydrogens is 272 g/mol. The first-order valence-electron chi connectivity index (χ1n) is 7.44. The summed E-state index contributed by atoms with van der Waals surface area (Å²) in [6, 6.07) is 1.22. The second-order valence-corrected chi connectivity index (χ2v) is 5.51. The van der Waals surface area contributed by atoms with E-state index in [4.69, 9.17) is 5.73 Å². The maximum Gasteiger partial charge on any atom is 0.287 e. The van der Waals surface area contributed by atoms with Gasteiger partial charge in [-0.25, -0.2) is 0 Å². The standard InChI is InChI=1S/C14H22N4O3/c1-2-17-9-10(18(20)21)8-13(17)14(19)16-12-7-5-3-4-6-11(12)15/h8-9,11-12H,2-7,15H2,1H3,(H,16,19). The molecule has 1 aliphatic rings. The van der Waals surface area contributed by atoms with Crippen molar-refractivity contribution in [3.63, 3.8) is 0 Å². The Morgan fingerprint density at radius 3 is 2.86 bits per heavy atom. The molecule has 1 aromatic heterocycles. The molecule has 0 spiro atoms. The molecule has 1 aliphatic carbocycles. The molecule has 1 amide bonds. The third-order valence-corrected chi connectivity index (χ3v) is 4.05. The van der Waals surface area contributed by atoms with Crippen LogP contribution in [0.1, 0.15) is 49.5 Å². The molecule has 0 bridgehead atoms. The zero-order chi connectivity index (χ0) is 15.4. The zero-order valence-electron chi connectivity index (χ0n) is 12.2. The van der Waals surface area contributed by atoms with E-state index in [0.29, 0.717) is 12.2 Å². The van der Waals surface area contributed by atoms with Gasteiger partial charge in [0.15, 0.2) is 0 Å². The van der Waals surface area contributed by atoms with Crippen molar-refractivity contribution < 1.29 is 9.72 Å². The fourth-order valence-corrected chi connectivity index (χ4v) is 2.80. The summed E-state index contributed by atoms with van der Waals surface area (Å²) >= 11 is 0. The Bertz CT molecular complexity index is 526. The van der Waals surface area contributed by atoms with Crippen LogP contribution in [0.15, 0.2) is 12.3 Å². The summed E-state index contributed by atoms with van der Waals surface area (Å²) in [5.41, 5.74) is 6.36. The molecule has 0 aliphatic heterocycles. The van der Waals surface area contributed by atoms with Crippen molar-refractivity contribution in [2.45, 2.75) is 57.7 Å². The highest BCUT2D eigenvalue weighted by molar-refractivity contribution is 5.93. The average molecular weight is 294 g/mol. The van der Waals surface area contributed by atoms with Crippen LogP contribution in [0, 0.1) is 10.1 Å². The van der Waals surface area contributed by atoms with Gasteiger partial charge in [-0.15, -0.1) is 0 Å². The number of hydrogen-bond acceptors (Lipinski definition) is 4. The second kappa shape index (κ2) is 6.71. The first-order valence-corrected chi connectivity index (χ1v) is 7.44. The Hall–Kier alpha value is -1.89. The van der Waals surface area contributed by atoms with E-state index >= 15 is 0 Å². The van der Waals surface area contributed by atoms with Crippen LogP contribution in [0.3, 0.4) is 0 Å². The molecule has 2 atom stereocenters. The fraction of sp³-hybridized carbons (Fsp3) is 0.643. The summed E-state index contributed by atoms with van der Waals surface area (Å²) in [7, 11) is 0. The van der Waals surface area contributed by atoms with E-state index in [1.807, 2.05) is 6.92 Å². The van der Waals surface area contributed by atoms with Gasteiger partial charge in [0.1, 0.15) is 5.69 Å². The average Bonchev–Trinajstić information content (AvgIpc) is 2.80. The number of nitro groups is 1. The number of aryl methyl sites for hydroxylation is 1. The summed E-state index contributed by atoms with van der Waals surface area (Å²) in [6.07, 6.45) is 6.43. The summed E-state index contributed by atoms with van der Waals surface area (Å²) in [5, 5.41) is 13.8. The topological polar surface area (TPSA) is 103 Å². The largest absolute Gasteiger partial charge is 0.346 e. The number of carbonyl (C=O) groups is 1. The molecule has 1 heterocycles. The van der Waals surface area contributed by atoms with Gasteiger partial charge in [0.25, 0.3) is 11.6 Å². The number of nitrogens with zero attached hydrogens (tertiary/aromatic N) is 2. The molecule has 1 aromatic rings. The molecule has 1 saturated carbocycles. The Morgan fingerprint density at radius 1 is 1.48 bits per heavy atom. The number of rotatable bonds is 4. The number of nitrogens with one attached hydrogen (secondary N) is 1. The molecule has 3 N–H and O–H groups in total. The number of amides is 1. The van der Waals surface area contributed by atoms with Gasteiger partial charge in [0, 0.05) is 24.7 Å². The minimum Gasteiger partial charge on any atom is -0.346 e. The predicted molar refractivity (Wildman–Crippen MR) is 79.1 cm³/mol. The van der Waals surface area contributed by atoms with Gasteiger partial charge < -0.3 is 15.6 Å². The van der Waals surface area contributed by atoms with Gasteiger partial charge in [0.05, 0.1) is 11.1 Å². The van der Waals surface area contributed by atoms with Gasteiger partial charge in [0.2, 0.25) is 0 Å². The molecule has 7 heteroatoms. The van der Waals surface area contributed by atoms with Gasteiger partial charge in [-0.05, 0) is 19.8 Å². The number of nitrogens with two attached hydrogens (primary N) is 1. The predicted octanol–water partition coefficient (Wildman–Crippen LogP) is 1.81. The van der Waals surface area contributed by atoms with Crippen LogP contribution in [-0.4, -0.2) is 27.5 Å². The van der Waals surface area contributed by atoms with Crippen LogP contribution in [-0.2, 0) is 6.54 Å². The van der Waals surface area contributed by atoms with Crippen LogP contribution in [0.5, 0.6) is 0 Å². The van der Waals surface area contributed by atoms with Crippen molar-refractivity contribution in [3.05, 3.63) is 28.1 Å². The lowest BCUT2D eigenvalue weighted by atomic mass is 10.0. The molecule has 2 rings (SSSR count). The van der Waals surface area contributed by atoms with E-state index in [1.54, 1.807) is 4.57 Å². The van der Waals surface area contributed by atoms with Crippen LogP contribution in [0.4, 0.5) is 5.69 Å². The normalized spacial score (nSPS) is 22.6. The van der Waals surface area contributed by atoms with E-state index in [2.05, 4.69) is 5.32 Å². The fourth-order valence-electron chi connectivity index (χ4n) is 2.80. The zero-order valence-corrected chi connectivity index (χ0v) is 12.2. The highest BCUT2D eigenvalue weighted by atomic mass is 16.6. The summed E-state index contributed by atoms with van der Waals surface area (Å²) in [6.45, 7) is 2.35. The lowest BCUT2D eigenvalue weighted by Gasteiger charge is -2.22. The molecule has 7 nitrogen and oxygen atoms in total. The first-order chi connectivity index (χ1) is 10.0. The second-order valence-electron chi connectivity index (χ2n) is 5.51. The maximum absolute atomic E-state index is 12.4. The summed E-state index contributed by atoms with van der Waals surface area (Å²) < 4.78 is 1.59. The molecule has 116 valence electrons. The van der Waals surface area contributed by atoms with Crippen molar-refractivity contribution in [1.29, 1.82) is 0 Å². The first kappa shape index (κ1) is 15.5. The van der Waals surface area contributed by atoms with E-state index in [0.717, 1.165) is 32.1 Å². The monoisotopic (exact) mass is 294 g/mol. The van der Waals surface area contributed by atoms with Gasteiger partial charge in [-0.1, -0.05) is 19.3 Å². The molecular formula is C14H22N4O3. The number of carbonyl (C=O) groups excluding carboxylic acids is 1. The Labute approximate surface area is 123 Å². The third-order valence-electron chi connectivity index (χ3n) is 4.05. The van der Waals surface area contributed by atoms with E-state index in [1.165, 1.54) is 12.3 Å².